The number of hydrogen-bond donors (Lipinski definition) is 1. The molecule has 2 aromatic rings. The molecule has 25 heavy (non-hydrogen) atoms. The number of benzene rings is 2. The normalized spacial score (nSPS) is 11.8. The summed E-state index contributed by atoms with van der Waals surface area (Å²) in [5.41, 5.74) is 1.23. The lowest BCUT2D eigenvalue weighted by Crippen LogP contribution is -2.23. The summed E-state index contributed by atoms with van der Waals surface area (Å²) in [6.07, 6.45) is 0. The Morgan fingerprint density at radius 2 is 1.80 bits per heavy atom. The van der Waals surface area contributed by atoms with Gasteiger partial charge in [-0.2, -0.15) is 0 Å². The molecule has 0 aliphatic carbocycles. The van der Waals surface area contributed by atoms with Gasteiger partial charge in [-0.15, -0.1) is 0 Å². The van der Waals surface area contributed by atoms with Gasteiger partial charge >= 0.3 is 0 Å². The summed E-state index contributed by atoms with van der Waals surface area (Å²) in [5.74, 6) is -1.20. The number of carbonyl (C=O) groups is 1. The second kappa shape index (κ2) is 7.33. The Labute approximate surface area is 147 Å². The van der Waals surface area contributed by atoms with Crippen molar-refractivity contribution in [2.75, 3.05) is 19.4 Å². The minimum absolute atomic E-state index is 0.139. The average Bonchev–Trinajstić information content (AvgIpc) is 2.55. The van der Waals surface area contributed by atoms with Crippen LogP contribution in [0.15, 0.2) is 47.4 Å². The Morgan fingerprint density at radius 3 is 2.40 bits per heavy atom. The summed E-state index contributed by atoms with van der Waals surface area (Å²) in [5, 5.41) is 2.61. The molecular formula is C18H21FN2O3S. The maximum Gasteiger partial charge on any atom is 0.258 e. The quantitative estimate of drug-likeness (QED) is 0.884. The van der Waals surface area contributed by atoms with Crippen LogP contribution in [0.25, 0.3) is 0 Å². The minimum atomic E-state index is -3.75. The van der Waals surface area contributed by atoms with Gasteiger partial charge in [0.1, 0.15) is 5.82 Å². The van der Waals surface area contributed by atoms with E-state index in [9.17, 15) is 17.6 Å². The van der Waals surface area contributed by atoms with Crippen molar-refractivity contribution in [2.45, 2.75) is 24.7 Å². The lowest BCUT2D eigenvalue weighted by molar-refractivity contribution is 0.102. The molecule has 0 heterocycles. The standard InChI is InChI=1S/C18H21FN2O3S/c1-12(2)13-6-5-7-14(10-13)20-18(22)16-11-15(8-9-17(16)19)25(23,24)21(3)4/h5-12H,1-4H3,(H,20,22). The van der Waals surface area contributed by atoms with Gasteiger partial charge in [-0.25, -0.2) is 17.1 Å². The number of halogens is 1. The summed E-state index contributed by atoms with van der Waals surface area (Å²) in [6.45, 7) is 4.05. The van der Waals surface area contributed by atoms with Crippen molar-refractivity contribution in [3.05, 3.63) is 59.4 Å². The lowest BCUT2D eigenvalue weighted by Gasteiger charge is -2.13. The maximum atomic E-state index is 14.1. The maximum absolute atomic E-state index is 14.1. The first-order valence-electron chi connectivity index (χ1n) is 7.76. The van der Waals surface area contributed by atoms with Crippen LogP contribution in [0.5, 0.6) is 0 Å². The number of nitrogens with one attached hydrogen (secondary N) is 1. The molecule has 0 radical (unpaired) electrons. The summed E-state index contributed by atoms with van der Waals surface area (Å²) in [4.78, 5) is 12.3. The number of hydrogen-bond acceptors (Lipinski definition) is 3. The highest BCUT2D eigenvalue weighted by Crippen LogP contribution is 2.21. The zero-order chi connectivity index (χ0) is 18.8. The zero-order valence-corrected chi connectivity index (χ0v) is 15.4. The molecule has 0 unspecified atom stereocenters. The third kappa shape index (κ3) is 4.24. The molecule has 7 heteroatoms. The molecule has 0 spiro atoms. The van der Waals surface area contributed by atoms with E-state index in [2.05, 4.69) is 5.32 Å². The van der Waals surface area contributed by atoms with Crippen LogP contribution in [0.3, 0.4) is 0 Å². The highest BCUT2D eigenvalue weighted by molar-refractivity contribution is 7.89. The van der Waals surface area contributed by atoms with E-state index in [0.29, 0.717) is 5.69 Å². The van der Waals surface area contributed by atoms with Gasteiger partial charge in [0, 0.05) is 19.8 Å². The second-order valence-corrected chi connectivity index (χ2v) is 8.32. The van der Waals surface area contributed by atoms with Crippen LogP contribution >= 0.6 is 0 Å². The van der Waals surface area contributed by atoms with Crippen molar-refractivity contribution < 1.29 is 17.6 Å². The summed E-state index contributed by atoms with van der Waals surface area (Å²) >= 11 is 0. The first-order chi connectivity index (χ1) is 11.6. The first-order valence-corrected chi connectivity index (χ1v) is 9.20. The van der Waals surface area contributed by atoms with E-state index in [-0.39, 0.29) is 16.4 Å². The number of amides is 1. The van der Waals surface area contributed by atoms with Gasteiger partial charge in [-0.3, -0.25) is 4.79 Å². The highest BCUT2D eigenvalue weighted by Gasteiger charge is 2.21. The fourth-order valence-electron chi connectivity index (χ4n) is 2.22. The van der Waals surface area contributed by atoms with Gasteiger partial charge in [-0.1, -0.05) is 26.0 Å². The smallest absolute Gasteiger partial charge is 0.258 e. The number of anilines is 1. The number of nitrogens with zero attached hydrogens (tertiary/aromatic N) is 1. The largest absolute Gasteiger partial charge is 0.322 e. The molecule has 0 aromatic heterocycles. The fourth-order valence-corrected chi connectivity index (χ4v) is 3.15. The van der Waals surface area contributed by atoms with Crippen molar-refractivity contribution >= 4 is 21.6 Å². The third-order valence-electron chi connectivity index (χ3n) is 3.77. The van der Waals surface area contributed by atoms with Crippen LogP contribution in [0.1, 0.15) is 35.7 Å². The molecular weight excluding hydrogens is 343 g/mol. The molecule has 0 aliphatic rings. The molecule has 2 rings (SSSR count). The number of sulfonamides is 1. The van der Waals surface area contributed by atoms with Crippen LogP contribution in [0.4, 0.5) is 10.1 Å². The highest BCUT2D eigenvalue weighted by atomic mass is 32.2. The first kappa shape index (κ1) is 19.1. The van der Waals surface area contributed by atoms with E-state index in [1.165, 1.54) is 14.1 Å². The number of rotatable bonds is 5. The summed E-state index contributed by atoms with van der Waals surface area (Å²) < 4.78 is 39.4. The molecule has 1 N–H and O–H groups in total. The van der Waals surface area contributed by atoms with Crippen LogP contribution in [-0.4, -0.2) is 32.7 Å². The van der Waals surface area contributed by atoms with Crippen LogP contribution in [0, 0.1) is 5.82 Å². The molecule has 0 saturated carbocycles. The van der Waals surface area contributed by atoms with E-state index >= 15 is 0 Å². The predicted octanol–water partition coefficient (Wildman–Crippen LogP) is 3.45. The summed E-state index contributed by atoms with van der Waals surface area (Å²) in [6, 6.07) is 10.4. The van der Waals surface area contributed by atoms with Crippen molar-refractivity contribution in [1.82, 2.24) is 4.31 Å². The third-order valence-corrected chi connectivity index (χ3v) is 5.58. The van der Waals surface area contributed by atoms with Gasteiger partial charge < -0.3 is 5.32 Å². The Balaban J connectivity index is 2.35. The average molecular weight is 364 g/mol. The zero-order valence-electron chi connectivity index (χ0n) is 14.6. The van der Waals surface area contributed by atoms with Crippen molar-refractivity contribution in [2.24, 2.45) is 0 Å². The van der Waals surface area contributed by atoms with Crippen molar-refractivity contribution in [3.63, 3.8) is 0 Å². The van der Waals surface area contributed by atoms with Gasteiger partial charge in [0.05, 0.1) is 10.5 Å². The summed E-state index contributed by atoms with van der Waals surface area (Å²) in [7, 11) is -1.01. The lowest BCUT2D eigenvalue weighted by atomic mass is 10.0. The molecule has 134 valence electrons. The predicted molar refractivity (Wildman–Crippen MR) is 95.8 cm³/mol. The topological polar surface area (TPSA) is 66.5 Å². The number of carbonyl (C=O) groups excluding carboxylic acids is 1. The fraction of sp³-hybridized carbons (Fsp3) is 0.278. The molecule has 1 amide bonds. The minimum Gasteiger partial charge on any atom is -0.322 e. The Kier molecular flexibility index (Phi) is 5.59. The second-order valence-electron chi connectivity index (χ2n) is 6.16. The van der Waals surface area contributed by atoms with Crippen LogP contribution in [0.2, 0.25) is 0 Å². The van der Waals surface area contributed by atoms with Crippen molar-refractivity contribution in [3.8, 4) is 0 Å². The van der Waals surface area contributed by atoms with E-state index in [4.69, 9.17) is 0 Å². The van der Waals surface area contributed by atoms with Crippen molar-refractivity contribution in [1.29, 1.82) is 0 Å². The van der Waals surface area contributed by atoms with E-state index in [0.717, 1.165) is 28.1 Å². The van der Waals surface area contributed by atoms with Gasteiger partial charge in [-0.05, 0) is 41.8 Å². The van der Waals surface area contributed by atoms with Crippen LogP contribution in [-0.2, 0) is 10.0 Å². The van der Waals surface area contributed by atoms with E-state index in [1.807, 2.05) is 19.9 Å². The molecule has 0 atom stereocenters. The van der Waals surface area contributed by atoms with Gasteiger partial charge in [0.25, 0.3) is 5.91 Å². The molecule has 0 bridgehead atoms. The monoisotopic (exact) mass is 364 g/mol. The molecule has 0 saturated heterocycles. The molecule has 0 fully saturated rings. The Bertz CT molecular complexity index is 893. The van der Waals surface area contributed by atoms with E-state index in [1.54, 1.807) is 18.2 Å². The SMILES string of the molecule is CC(C)c1cccc(NC(=O)c2cc(S(=O)(=O)N(C)C)ccc2F)c1. The molecule has 5 nitrogen and oxygen atoms in total. The Hall–Kier alpha value is -2.25. The van der Waals surface area contributed by atoms with Crippen LogP contribution < -0.4 is 5.32 Å². The molecule has 2 aromatic carbocycles. The van der Waals surface area contributed by atoms with Gasteiger partial charge in [0.2, 0.25) is 10.0 Å². The van der Waals surface area contributed by atoms with Gasteiger partial charge in [0.15, 0.2) is 0 Å². The Morgan fingerprint density at radius 1 is 1.12 bits per heavy atom. The molecule has 0 aliphatic heterocycles. The van der Waals surface area contributed by atoms with E-state index < -0.39 is 21.7 Å².